The Morgan fingerprint density at radius 1 is 1.38 bits per heavy atom. The lowest BCUT2D eigenvalue weighted by atomic mass is 10.1. The van der Waals surface area contributed by atoms with Gasteiger partial charge in [-0.3, -0.25) is 4.90 Å². The zero-order chi connectivity index (χ0) is 11.5. The first kappa shape index (κ1) is 11.0. The number of hydrogen-bond acceptors (Lipinski definition) is 2. The lowest BCUT2D eigenvalue weighted by Crippen LogP contribution is -2.45. The third-order valence-corrected chi connectivity index (χ3v) is 2.83. The molecule has 1 aromatic rings. The number of urea groups is 1. The van der Waals surface area contributed by atoms with Crippen molar-refractivity contribution in [2.75, 3.05) is 25.0 Å². The molecule has 2 N–H and O–H groups in total. The Kier molecular flexibility index (Phi) is 3.10. The molecule has 0 radical (unpaired) electrons. The molecule has 0 fully saturated rings. The van der Waals surface area contributed by atoms with Crippen molar-refractivity contribution in [3.63, 3.8) is 0 Å². The molecule has 0 atom stereocenters. The van der Waals surface area contributed by atoms with Crippen molar-refractivity contribution in [2.24, 2.45) is 5.73 Å². The smallest absolute Gasteiger partial charge is 0.324 e. The number of nitrogens with two attached hydrogens (primary N) is 1. The topological polar surface area (TPSA) is 49.6 Å². The van der Waals surface area contributed by atoms with Crippen LogP contribution in [-0.2, 0) is 6.54 Å². The number of nitrogens with zero attached hydrogens (tertiary/aromatic N) is 2. The zero-order valence-corrected chi connectivity index (χ0v) is 9.52. The van der Waals surface area contributed by atoms with Crippen LogP contribution in [-0.4, -0.2) is 31.1 Å². The summed E-state index contributed by atoms with van der Waals surface area (Å²) in [6.07, 6.45) is 0.827. The molecule has 16 heavy (non-hydrogen) atoms. The van der Waals surface area contributed by atoms with Crippen LogP contribution in [0.1, 0.15) is 12.0 Å². The molecule has 0 spiro atoms. The van der Waals surface area contributed by atoms with Crippen LogP contribution in [0.5, 0.6) is 0 Å². The van der Waals surface area contributed by atoms with Gasteiger partial charge in [-0.2, -0.15) is 0 Å². The van der Waals surface area contributed by atoms with Crippen molar-refractivity contribution in [1.82, 2.24) is 4.90 Å². The Hall–Kier alpha value is -1.55. The van der Waals surface area contributed by atoms with E-state index in [1.165, 1.54) is 5.56 Å². The van der Waals surface area contributed by atoms with E-state index in [1.54, 1.807) is 4.90 Å². The first-order chi connectivity index (χ1) is 7.74. The van der Waals surface area contributed by atoms with E-state index in [0.29, 0.717) is 19.6 Å². The number of fused-ring (bicyclic) bond motifs is 1. The average Bonchev–Trinajstić information content (AvgIpc) is 2.30. The SMILES string of the molecule is CN1Cc2ccccc2N(CCCN)C1=O. The monoisotopic (exact) mass is 219 g/mol. The van der Waals surface area contributed by atoms with Gasteiger partial charge in [0.2, 0.25) is 0 Å². The van der Waals surface area contributed by atoms with Crippen molar-refractivity contribution < 1.29 is 4.79 Å². The van der Waals surface area contributed by atoms with Gasteiger partial charge in [0.1, 0.15) is 0 Å². The fraction of sp³-hybridized carbons (Fsp3) is 0.417. The highest BCUT2D eigenvalue weighted by molar-refractivity contribution is 5.94. The summed E-state index contributed by atoms with van der Waals surface area (Å²) in [6, 6.07) is 8.09. The Bertz CT molecular complexity index is 392. The Balaban J connectivity index is 2.30. The van der Waals surface area contributed by atoms with Gasteiger partial charge in [0.05, 0.1) is 5.69 Å². The number of hydrogen-bond donors (Lipinski definition) is 1. The summed E-state index contributed by atoms with van der Waals surface area (Å²) in [7, 11) is 1.83. The molecule has 0 saturated carbocycles. The maximum absolute atomic E-state index is 12.0. The van der Waals surface area contributed by atoms with E-state index in [1.807, 2.05) is 30.1 Å². The summed E-state index contributed by atoms with van der Waals surface area (Å²) in [5.41, 5.74) is 7.72. The normalized spacial score (nSPS) is 15.2. The van der Waals surface area contributed by atoms with Crippen LogP contribution in [0.2, 0.25) is 0 Å². The molecule has 2 rings (SSSR count). The van der Waals surface area contributed by atoms with Gasteiger partial charge in [0.25, 0.3) is 0 Å². The van der Waals surface area contributed by atoms with Crippen molar-refractivity contribution in [1.29, 1.82) is 0 Å². The summed E-state index contributed by atoms with van der Waals surface area (Å²) in [5.74, 6) is 0. The van der Waals surface area contributed by atoms with Crippen LogP contribution < -0.4 is 10.6 Å². The van der Waals surface area contributed by atoms with E-state index in [9.17, 15) is 4.79 Å². The molecule has 1 aliphatic heterocycles. The summed E-state index contributed by atoms with van der Waals surface area (Å²) >= 11 is 0. The average molecular weight is 219 g/mol. The molecular weight excluding hydrogens is 202 g/mol. The summed E-state index contributed by atoms with van der Waals surface area (Å²) < 4.78 is 0. The van der Waals surface area contributed by atoms with E-state index < -0.39 is 0 Å². The van der Waals surface area contributed by atoms with Gasteiger partial charge < -0.3 is 10.6 Å². The fourth-order valence-electron chi connectivity index (χ4n) is 2.01. The standard InChI is InChI=1S/C12H17N3O/c1-14-9-10-5-2-3-6-11(10)15(12(14)16)8-4-7-13/h2-3,5-6H,4,7-9,13H2,1H3. The molecule has 2 amide bonds. The van der Waals surface area contributed by atoms with Crippen LogP contribution in [0.15, 0.2) is 24.3 Å². The molecule has 0 aliphatic carbocycles. The van der Waals surface area contributed by atoms with Crippen molar-refractivity contribution in [2.45, 2.75) is 13.0 Å². The molecule has 4 heteroatoms. The molecule has 0 saturated heterocycles. The van der Waals surface area contributed by atoms with Gasteiger partial charge in [-0.05, 0) is 24.6 Å². The van der Waals surface area contributed by atoms with Gasteiger partial charge in [-0.15, -0.1) is 0 Å². The first-order valence-electron chi connectivity index (χ1n) is 5.54. The number of carbonyl (C=O) groups is 1. The molecule has 1 aromatic carbocycles. The minimum Gasteiger partial charge on any atom is -0.330 e. The second kappa shape index (κ2) is 4.53. The van der Waals surface area contributed by atoms with Crippen molar-refractivity contribution in [3.05, 3.63) is 29.8 Å². The van der Waals surface area contributed by atoms with Gasteiger partial charge in [-0.1, -0.05) is 18.2 Å². The molecule has 0 bridgehead atoms. The van der Waals surface area contributed by atoms with Crippen LogP contribution >= 0.6 is 0 Å². The molecule has 86 valence electrons. The van der Waals surface area contributed by atoms with Gasteiger partial charge in [0.15, 0.2) is 0 Å². The third-order valence-electron chi connectivity index (χ3n) is 2.83. The predicted octanol–water partition coefficient (Wildman–Crippen LogP) is 1.41. The number of anilines is 1. The molecule has 1 heterocycles. The Morgan fingerprint density at radius 3 is 2.88 bits per heavy atom. The minimum atomic E-state index is 0.0622. The summed E-state index contributed by atoms with van der Waals surface area (Å²) in [6.45, 7) is 1.99. The molecule has 0 unspecified atom stereocenters. The maximum atomic E-state index is 12.0. The van der Waals surface area contributed by atoms with Crippen LogP contribution in [0.3, 0.4) is 0 Å². The largest absolute Gasteiger partial charge is 0.330 e. The Morgan fingerprint density at radius 2 is 2.12 bits per heavy atom. The van der Waals surface area contributed by atoms with E-state index in [2.05, 4.69) is 6.07 Å². The maximum Gasteiger partial charge on any atom is 0.324 e. The fourth-order valence-corrected chi connectivity index (χ4v) is 2.01. The highest BCUT2D eigenvalue weighted by atomic mass is 16.2. The third kappa shape index (κ3) is 1.88. The highest BCUT2D eigenvalue weighted by Crippen LogP contribution is 2.27. The first-order valence-corrected chi connectivity index (χ1v) is 5.54. The van der Waals surface area contributed by atoms with Gasteiger partial charge in [-0.25, -0.2) is 4.79 Å². The minimum absolute atomic E-state index is 0.0622. The quantitative estimate of drug-likeness (QED) is 0.835. The van der Waals surface area contributed by atoms with Gasteiger partial charge >= 0.3 is 6.03 Å². The second-order valence-corrected chi connectivity index (χ2v) is 4.06. The molecule has 0 aromatic heterocycles. The number of amides is 2. The lowest BCUT2D eigenvalue weighted by molar-refractivity contribution is 0.210. The number of carbonyl (C=O) groups excluding carboxylic acids is 1. The highest BCUT2D eigenvalue weighted by Gasteiger charge is 2.26. The van der Waals surface area contributed by atoms with Crippen LogP contribution in [0.4, 0.5) is 10.5 Å². The number of para-hydroxylation sites is 1. The van der Waals surface area contributed by atoms with E-state index in [-0.39, 0.29) is 6.03 Å². The van der Waals surface area contributed by atoms with E-state index in [0.717, 1.165) is 12.1 Å². The predicted molar refractivity (Wildman–Crippen MR) is 64.3 cm³/mol. The second-order valence-electron chi connectivity index (χ2n) is 4.06. The lowest BCUT2D eigenvalue weighted by Gasteiger charge is -2.35. The van der Waals surface area contributed by atoms with Crippen molar-refractivity contribution >= 4 is 11.7 Å². The number of rotatable bonds is 3. The summed E-state index contributed by atoms with van der Waals surface area (Å²) in [4.78, 5) is 15.6. The van der Waals surface area contributed by atoms with Crippen molar-refractivity contribution in [3.8, 4) is 0 Å². The van der Waals surface area contributed by atoms with Gasteiger partial charge in [0, 0.05) is 20.1 Å². The van der Waals surface area contributed by atoms with Crippen LogP contribution in [0.25, 0.3) is 0 Å². The molecule has 4 nitrogen and oxygen atoms in total. The van der Waals surface area contributed by atoms with E-state index in [4.69, 9.17) is 5.73 Å². The molecular formula is C12H17N3O. The Labute approximate surface area is 95.6 Å². The number of benzene rings is 1. The van der Waals surface area contributed by atoms with E-state index >= 15 is 0 Å². The molecule has 1 aliphatic rings. The van der Waals surface area contributed by atoms with Crippen LogP contribution in [0, 0.1) is 0 Å². The zero-order valence-electron chi connectivity index (χ0n) is 9.52. The summed E-state index contributed by atoms with van der Waals surface area (Å²) in [5, 5.41) is 0.